The van der Waals surface area contributed by atoms with Gasteiger partial charge in [0.05, 0.1) is 12.7 Å². The number of hydrogen-bond donors (Lipinski definition) is 0. The van der Waals surface area contributed by atoms with Gasteiger partial charge in [0, 0.05) is 18.8 Å². The Balaban J connectivity index is 2.76. The Morgan fingerprint density at radius 1 is 1.38 bits per heavy atom. The van der Waals surface area contributed by atoms with Crippen molar-refractivity contribution >= 4 is 11.6 Å². The number of carbonyl (C=O) groups is 2. The maximum absolute atomic E-state index is 12.0. The van der Waals surface area contributed by atoms with E-state index in [-0.39, 0.29) is 17.3 Å². The van der Waals surface area contributed by atoms with Crippen molar-refractivity contribution in [1.29, 1.82) is 0 Å². The second kappa shape index (κ2) is 3.33. The van der Waals surface area contributed by atoms with Crippen LogP contribution < -0.4 is 0 Å². The second-order valence-electron chi connectivity index (χ2n) is 3.75. The molecular weight excluding hydrogens is 206 g/mol. The molecule has 0 aliphatic heterocycles. The lowest BCUT2D eigenvalue weighted by molar-refractivity contribution is 0.0913. The summed E-state index contributed by atoms with van der Waals surface area (Å²) in [5.41, 5.74) is 2.17. The molecule has 0 unspecified atom stereocenters. The molecule has 1 aliphatic carbocycles. The van der Waals surface area contributed by atoms with Crippen LogP contribution in [-0.2, 0) is 11.8 Å². The molecule has 1 radical (unpaired) electrons. The molecule has 1 aliphatic rings. The highest BCUT2D eigenvalue weighted by molar-refractivity contribution is 6.24. The van der Waals surface area contributed by atoms with Gasteiger partial charge in [-0.2, -0.15) is 0 Å². The molecule has 0 fully saturated rings. The van der Waals surface area contributed by atoms with E-state index in [2.05, 4.69) is 6.92 Å². The summed E-state index contributed by atoms with van der Waals surface area (Å²) in [4.78, 5) is 23.8. The van der Waals surface area contributed by atoms with Gasteiger partial charge in [-0.05, 0) is 19.4 Å². The third kappa shape index (κ3) is 1.16. The molecular formula is C12H12NO3. The van der Waals surface area contributed by atoms with Crippen LogP contribution in [0.4, 0.5) is 0 Å². The van der Waals surface area contributed by atoms with Gasteiger partial charge in [0.2, 0.25) is 11.6 Å². The summed E-state index contributed by atoms with van der Waals surface area (Å²) in [6, 6.07) is 0. The second-order valence-corrected chi connectivity index (χ2v) is 3.75. The average molecular weight is 218 g/mol. The number of ketones is 2. The van der Waals surface area contributed by atoms with Gasteiger partial charge in [-0.25, -0.2) is 0 Å². The van der Waals surface area contributed by atoms with Gasteiger partial charge in [-0.15, -0.1) is 0 Å². The summed E-state index contributed by atoms with van der Waals surface area (Å²) in [6.07, 6.45) is 1.23. The molecule has 0 N–H and O–H groups in total. The van der Waals surface area contributed by atoms with E-state index in [4.69, 9.17) is 4.74 Å². The Morgan fingerprint density at radius 3 is 2.56 bits per heavy atom. The lowest BCUT2D eigenvalue weighted by Crippen LogP contribution is -2.19. The van der Waals surface area contributed by atoms with Gasteiger partial charge in [-0.1, -0.05) is 0 Å². The standard InChI is InChI=1S/C12H12NO3/c1-6-7(2)13(3)11-8(14)5-9(16-4)12(15)10(6)11/h5H,1H2,2-4H3. The van der Waals surface area contributed by atoms with Crippen molar-refractivity contribution in [2.24, 2.45) is 7.05 Å². The van der Waals surface area contributed by atoms with Gasteiger partial charge in [0.25, 0.3) is 0 Å². The fraction of sp³-hybridized carbons (Fsp3) is 0.250. The number of rotatable bonds is 1. The third-order valence-corrected chi connectivity index (χ3v) is 2.98. The van der Waals surface area contributed by atoms with Crippen molar-refractivity contribution in [2.45, 2.75) is 6.92 Å². The number of hydrogen-bond acceptors (Lipinski definition) is 3. The smallest absolute Gasteiger partial charge is 0.230 e. The van der Waals surface area contributed by atoms with Gasteiger partial charge in [0.1, 0.15) is 5.69 Å². The van der Waals surface area contributed by atoms with Gasteiger partial charge in [0.15, 0.2) is 5.76 Å². The highest BCUT2D eigenvalue weighted by Gasteiger charge is 2.32. The number of allylic oxidation sites excluding steroid dienone is 2. The first kappa shape index (κ1) is 10.7. The zero-order valence-electron chi connectivity index (χ0n) is 9.46. The Morgan fingerprint density at radius 2 is 2.00 bits per heavy atom. The zero-order chi connectivity index (χ0) is 12.0. The molecule has 0 amide bonds. The van der Waals surface area contributed by atoms with E-state index >= 15 is 0 Å². The van der Waals surface area contributed by atoms with Crippen molar-refractivity contribution in [1.82, 2.24) is 4.57 Å². The van der Waals surface area contributed by atoms with Crippen molar-refractivity contribution in [3.8, 4) is 0 Å². The minimum Gasteiger partial charge on any atom is -0.492 e. The van der Waals surface area contributed by atoms with Crippen LogP contribution in [0.1, 0.15) is 32.1 Å². The normalized spacial score (nSPS) is 14.9. The molecule has 0 saturated heterocycles. The Hall–Kier alpha value is -1.84. The molecule has 0 bridgehead atoms. The summed E-state index contributed by atoms with van der Waals surface area (Å²) in [5.74, 6) is -0.411. The summed E-state index contributed by atoms with van der Waals surface area (Å²) < 4.78 is 6.58. The highest BCUT2D eigenvalue weighted by Crippen LogP contribution is 2.28. The molecule has 0 aromatic carbocycles. The number of ether oxygens (including phenoxy) is 1. The summed E-state index contributed by atoms with van der Waals surface area (Å²) in [5, 5.41) is 0. The van der Waals surface area contributed by atoms with E-state index in [9.17, 15) is 9.59 Å². The van der Waals surface area contributed by atoms with Crippen molar-refractivity contribution in [3.63, 3.8) is 0 Å². The number of methoxy groups -OCH3 is 1. The quantitative estimate of drug-likeness (QED) is 0.716. The van der Waals surface area contributed by atoms with E-state index in [0.717, 1.165) is 5.69 Å². The van der Waals surface area contributed by atoms with E-state index in [0.29, 0.717) is 16.8 Å². The summed E-state index contributed by atoms with van der Waals surface area (Å²) in [7, 11) is 3.13. The topological polar surface area (TPSA) is 48.3 Å². The highest BCUT2D eigenvalue weighted by atomic mass is 16.5. The molecule has 1 aromatic heterocycles. The predicted octanol–water partition coefficient (Wildman–Crippen LogP) is 1.43. The molecule has 0 atom stereocenters. The fourth-order valence-electron chi connectivity index (χ4n) is 1.92. The largest absolute Gasteiger partial charge is 0.492 e. The van der Waals surface area contributed by atoms with Gasteiger partial charge in [-0.3, -0.25) is 9.59 Å². The van der Waals surface area contributed by atoms with Crippen LogP contribution in [0.5, 0.6) is 0 Å². The monoisotopic (exact) mass is 218 g/mol. The summed E-state index contributed by atoms with van der Waals surface area (Å²) in [6.45, 7) is 5.66. The average Bonchev–Trinajstić information content (AvgIpc) is 2.49. The van der Waals surface area contributed by atoms with Crippen LogP contribution in [0.2, 0.25) is 0 Å². The number of nitrogens with zero attached hydrogens (tertiary/aromatic N) is 1. The third-order valence-electron chi connectivity index (χ3n) is 2.98. The van der Waals surface area contributed by atoms with Crippen molar-refractivity contribution in [2.75, 3.05) is 7.11 Å². The van der Waals surface area contributed by atoms with E-state index < -0.39 is 0 Å². The van der Waals surface area contributed by atoms with Crippen LogP contribution >= 0.6 is 0 Å². The molecule has 0 spiro atoms. The van der Waals surface area contributed by atoms with E-state index in [1.807, 2.05) is 6.92 Å². The van der Waals surface area contributed by atoms with Crippen molar-refractivity contribution in [3.05, 3.63) is 41.3 Å². The Labute approximate surface area is 93.5 Å². The Kier molecular flexibility index (Phi) is 2.22. The maximum atomic E-state index is 12.0. The number of fused-ring (bicyclic) bond motifs is 1. The van der Waals surface area contributed by atoms with E-state index in [1.54, 1.807) is 11.6 Å². The van der Waals surface area contributed by atoms with Crippen LogP contribution in [-0.4, -0.2) is 23.2 Å². The van der Waals surface area contributed by atoms with Crippen LogP contribution in [0.3, 0.4) is 0 Å². The molecule has 4 nitrogen and oxygen atoms in total. The molecule has 2 rings (SSSR count). The number of aromatic nitrogens is 1. The lowest BCUT2D eigenvalue weighted by Gasteiger charge is -2.12. The van der Waals surface area contributed by atoms with Crippen LogP contribution in [0, 0.1) is 13.8 Å². The number of Topliss-reactive ketones (excluding diaryl/α,β-unsaturated/α-hetero) is 1. The molecule has 16 heavy (non-hydrogen) atoms. The first-order valence-electron chi connectivity index (χ1n) is 4.85. The molecule has 1 heterocycles. The number of carbonyl (C=O) groups excluding carboxylic acids is 2. The lowest BCUT2D eigenvalue weighted by atomic mass is 9.97. The Bertz CT molecular complexity index is 535. The van der Waals surface area contributed by atoms with E-state index in [1.165, 1.54) is 13.2 Å². The molecule has 0 saturated carbocycles. The zero-order valence-corrected chi connectivity index (χ0v) is 9.46. The van der Waals surface area contributed by atoms with Crippen molar-refractivity contribution < 1.29 is 14.3 Å². The van der Waals surface area contributed by atoms with Gasteiger partial charge < -0.3 is 9.30 Å². The minimum absolute atomic E-state index is 0.0769. The molecule has 4 heteroatoms. The van der Waals surface area contributed by atoms with Crippen LogP contribution in [0.15, 0.2) is 11.8 Å². The molecule has 83 valence electrons. The van der Waals surface area contributed by atoms with Crippen LogP contribution in [0.25, 0.3) is 0 Å². The fourth-order valence-corrected chi connectivity index (χ4v) is 1.92. The summed E-state index contributed by atoms with van der Waals surface area (Å²) >= 11 is 0. The maximum Gasteiger partial charge on any atom is 0.230 e. The molecule has 1 aromatic rings. The minimum atomic E-state index is -0.272. The first-order chi connectivity index (χ1) is 7.49. The van der Waals surface area contributed by atoms with Gasteiger partial charge >= 0.3 is 0 Å². The first-order valence-corrected chi connectivity index (χ1v) is 4.85. The SMILES string of the molecule is [CH2]c1c2c(n(C)c1C)C(=O)C=C(OC)C2=O. The predicted molar refractivity (Wildman–Crippen MR) is 58.4 cm³/mol.